The monoisotopic (exact) mass is 455 g/mol. The van der Waals surface area contributed by atoms with Crippen LogP contribution >= 0.6 is 23.2 Å². The van der Waals surface area contributed by atoms with E-state index < -0.39 is 11.8 Å². The molecule has 0 radical (unpaired) electrons. The highest BCUT2D eigenvalue weighted by Gasteiger charge is 2.12. The van der Waals surface area contributed by atoms with E-state index in [4.69, 9.17) is 27.9 Å². The number of nitrogens with zero attached hydrogens (tertiary/aromatic N) is 1. The van der Waals surface area contributed by atoms with Crippen LogP contribution in [0.3, 0.4) is 0 Å². The van der Waals surface area contributed by atoms with E-state index in [1.54, 1.807) is 54.6 Å². The minimum absolute atomic E-state index is 0.270. The number of hydrogen-bond donors (Lipinski definition) is 2. The smallest absolute Gasteiger partial charge is 0.329 e. The molecule has 0 saturated heterocycles. The van der Waals surface area contributed by atoms with Crippen molar-refractivity contribution >= 4 is 46.9 Å². The van der Waals surface area contributed by atoms with Crippen LogP contribution in [-0.2, 0) is 16.2 Å². The molecule has 3 aromatic carbocycles. The third-order valence-electron chi connectivity index (χ3n) is 4.16. The molecule has 2 N–H and O–H groups in total. The van der Waals surface area contributed by atoms with Crippen molar-refractivity contribution in [1.82, 2.24) is 5.43 Å². The van der Waals surface area contributed by atoms with Gasteiger partial charge in [0.15, 0.2) is 0 Å². The van der Waals surface area contributed by atoms with E-state index in [0.29, 0.717) is 27.0 Å². The summed E-state index contributed by atoms with van der Waals surface area (Å²) in [5, 5.41) is 7.41. The van der Waals surface area contributed by atoms with E-state index in [0.717, 1.165) is 11.1 Å². The molecule has 0 bridgehead atoms. The summed E-state index contributed by atoms with van der Waals surface area (Å²) < 4.78 is 5.75. The van der Waals surface area contributed by atoms with Gasteiger partial charge < -0.3 is 10.1 Å². The molecular weight excluding hydrogens is 437 g/mol. The molecule has 31 heavy (non-hydrogen) atoms. The Labute approximate surface area is 189 Å². The van der Waals surface area contributed by atoms with Gasteiger partial charge >= 0.3 is 11.8 Å². The topological polar surface area (TPSA) is 79.8 Å². The molecule has 0 atom stereocenters. The lowest BCUT2D eigenvalue weighted by Crippen LogP contribution is -2.32. The summed E-state index contributed by atoms with van der Waals surface area (Å²) in [6.45, 7) is 2.20. The number of nitrogens with one attached hydrogen (secondary N) is 2. The first-order chi connectivity index (χ1) is 14.9. The van der Waals surface area contributed by atoms with Gasteiger partial charge in [0, 0.05) is 21.3 Å². The van der Waals surface area contributed by atoms with Crippen LogP contribution in [0, 0.1) is 6.92 Å². The third kappa shape index (κ3) is 6.84. The number of aryl methyl sites for hydroxylation is 1. The highest BCUT2D eigenvalue weighted by Crippen LogP contribution is 2.23. The number of halogens is 2. The van der Waals surface area contributed by atoms with Crippen molar-refractivity contribution in [2.45, 2.75) is 13.5 Å². The number of benzene rings is 3. The number of carbonyl (C=O) groups excluding carboxylic acids is 2. The molecular formula is C23H19Cl2N3O3. The number of anilines is 1. The molecule has 0 aliphatic carbocycles. The largest absolute Gasteiger partial charge is 0.489 e. The predicted molar refractivity (Wildman–Crippen MR) is 123 cm³/mol. The predicted octanol–water partition coefficient (Wildman–Crippen LogP) is 4.97. The van der Waals surface area contributed by atoms with Crippen LogP contribution in [0.15, 0.2) is 71.8 Å². The Bertz CT molecular complexity index is 1120. The Balaban J connectivity index is 1.53. The summed E-state index contributed by atoms with van der Waals surface area (Å²) in [7, 11) is 0. The van der Waals surface area contributed by atoms with Crippen molar-refractivity contribution in [3.63, 3.8) is 0 Å². The summed E-state index contributed by atoms with van der Waals surface area (Å²) in [5.41, 5.74) is 5.26. The van der Waals surface area contributed by atoms with E-state index in [1.165, 1.54) is 6.21 Å². The minimum Gasteiger partial charge on any atom is -0.489 e. The lowest BCUT2D eigenvalue weighted by molar-refractivity contribution is -0.136. The average molecular weight is 456 g/mol. The van der Waals surface area contributed by atoms with Gasteiger partial charge in [0.2, 0.25) is 0 Å². The molecule has 0 heterocycles. The van der Waals surface area contributed by atoms with Gasteiger partial charge in [0.1, 0.15) is 12.4 Å². The van der Waals surface area contributed by atoms with E-state index in [1.807, 2.05) is 19.1 Å². The molecule has 0 saturated carbocycles. The lowest BCUT2D eigenvalue weighted by Gasteiger charge is -2.08. The van der Waals surface area contributed by atoms with Crippen LogP contribution in [0.1, 0.15) is 16.7 Å². The molecule has 0 aliphatic heterocycles. The van der Waals surface area contributed by atoms with Crippen molar-refractivity contribution in [3.8, 4) is 5.75 Å². The van der Waals surface area contributed by atoms with Crippen molar-refractivity contribution in [1.29, 1.82) is 0 Å². The third-order valence-corrected chi connectivity index (χ3v) is 4.75. The van der Waals surface area contributed by atoms with Crippen molar-refractivity contribution < 1.29 is 14.3 Å². The van der Waals surface area contributed by atoms with Crippen molar-refractivity contribution in [2.24, 2.45) is 5.10 Å². The van der Waals surface area contributed by atoms with Crippen LogP contribution in [-0.4, -0.2) is 18.0 Å². The Kier molecular flexibility index (Phi) is 7.65. The molecule has 158 valence electrons. The SMILES string of the molecule is Cc1ccc(NC(=O)C(=O)N/N=C\c2cccc(OCc3ccc(Cl)cc3Cl)c2)cc1. The van der Waals surface area contributed by atoms with E-state index >= 15 is 0 Å². The second-order valence-electron chi connectivity index (χ2n) is 6.62. The van der Waals surface area contributed by atoms with Crippen LogP contribution < -0.4 is 15.5 Å². The zero-order valence-corrected chi connectivity index (χ0v) is 18.1. The van der Waals surface area contributed by atoms with Gasteiger partial charge in [-0.1, -0.05) is 59.1 Å². The molecule has 6 nitrogen and oxygen atoms in total. The summed E-state index contributed by atoms with van der Waals surface area (Å²) in [6.07, 6.45) is 1.42. The maximum Gasteiger partial charge on any atom is 0.329 e. The Morgan fingerprint density at radius 2 is 1.77 bits per heavy atom. The van der Waals surface area contributed by atoms with Gasteiger partial charge in [0.25, 0.3) is 0 Å². The Morgan fingerprint density at radius 3 is 2.52 bits per heavy atom. The standard InChI is InChI=1S/C23H19Cl2N3O3/c1-15-5-9-19(10-6-15)27-22(29)23(30)28-26-13-16-3-2-4-20(11-16)31-14-17-7-8-18(24)12-21(17)25/h2-13H,14H2,1H3,(H,27,29)(H,28,30)/b26-13-. The number of amides is 2. The first kappa shape index (κ1) is 22.3. The van der Waals surface area contributed by atoms with Crippen LogP contribution in [0.4, 0.5) is 5.69 Å². The molecule has 0 spiro atoms. The van der Waals surface area contributed by atoms with Gasteiger partial charge in [-0.2, -0.15) is 5.10 Å². The number of ether oxygens (including phenoxy) is 1. The van der Waals surface area contributed by atoms with E-state index in [2.05, 4.69) is 15.8 Å². The molecule has 0 aromatic heterocycles. The van der Waals surface area contributed by atoms with Gasteiger partial charge in [0.05, 0.1) is 6.21 Å². The normalized spacial score (nSPS) is 10.7. The number of hydrazone groups is 1. The van der Waals surface area contributed by atoms with Crippen LogP contribution in [0.2, 0.25) is 10.0 Å². The Morgan fingerprint density at radius 1 is 1.00 bits per heavy atom. The summed E-state index contributed by atoms with van der Waals surface area (Å²) in [5.74, 6) is -1.09. The van der Waals surface area contributed by atoms with Crippen molar-refractivity contribution in [2.75, 3.05) is 5.32 Å². The van der Waals surface area contributed by atoms with E-state index in [-0.39, 0.29) is 6.61 Å². The van der Waals surface area contributed by atoms with Gasteiger partial charge in [-0.25, -0.2) is 5.43 Å². The molecule has 0 unspecified atom stereocenters. The fourth-order valence-electron chi connectivity index (χ4n) is 2.53. The minimum atomic E-state index is -0.874. The van der Waals surface area contributed by atoms with Crippen molar-refractivity contribution in [3.05, 3.63) is 93.5 Å². The molecule has 3 rings (SSSR count). The summed E-state index contributed by atoms with van der Waals surface area (Å²) in [4.78, 5) is 23.8. The number of hydrogen-bond acceptors (Lipinski definition) is 4. The second kappa shape index (κ2) is 10.6. The zero-order chi connectivity index (χ0) is 22.2. The number of carbonyl (C=O) groups is 2. The van der Waals surface area contributed by atoms with Crippen LogP contribution in [0.25, 0.3) is 0 Å². The lowest BCUT2D eigenvalue weighted by atomic mass is 10.2. The van der Waals surface area contributed by atoms with Gasteiger partial charge in [-0.05, 0) is 48.9 Å². The molecule has 3 aromatic rings. The van der Waals surface area contributed by atoms with Gasteiger partial charge in [-0.3, -0.25) is 9.59 Å². The molecule has 2 amide bonds. The highest BCUT2D eigenvalue weighted by molar-refractivity contribution is 6.39. The maximum absolute atomic E-state index is 11.9. The number of rotatable bonds is 6. The fraction of sp³-hybridized carbons (Fsp3) is 0.0870. The molecule has 0 aliphatic rings. The highest BCUT2D eigenvalue weighted by atomic mass is 35.5. The first-order valence-corrected chi connectivity index (χ1v) is 10.0. The fourth-order valence-corrected chi connectivity index (χ4v) is 2.99. The quantitative estimate of drug-likeness (QED) is 0.312. The Hall–Kier alpha value is -3.35. The van der Waals surface area contributed by atoms with E-state index in [9.17, 15) is 9.59 Å². The summed E-state index contributed by atoms with van der Waals surface area (Å²) in [6, 6.07) is 19.4. The molecule has 0 fully saturated rings. The first-order valence-electron chi connectivity index (χ1n) is 9.28. The zero-order valence-electron chi connectivity index (χ0n) is 16.6. The van der Waals surface area contributed by atoms with Gasteiger partial charge in [-0.15, -0.1) is 0 Å². The average Bonchev–Trinajstić information content (AvgIpc) is 2.75. The summed E-state index contributed by atoms with van der Waals surface area (Å²) >= 11 is 12.0. The second-order valence-corrected chi connectivity index (χ2v) is 7.46. The maximum atomic E-state index is 11.9. The molecule has 8 heteroatoms. The van der Waals surface area contributed by atoms with Crippen LogP contribution in [0.5, 0.6) is 5.75 Å².